The van der Waals surface area contributed by atoms with Gasteiger partial charge in [-0.15, -0.1) is 11.3 Å². The van der Waals surface area contributed by atoms with Crippen molar-refractivity contribution in [2.45, 2.75) is 25.8 Å². The molecule has 7 heteroatoms. The third-order valence-electron chi connectivity index (χ3n) is 5.80. The Kier molecular flexibility index (Phi) is 5.29. The number of aromatic nitrogens is 2. The molecule has 158 valence electrons. The number of likely N-dealkylation sites (tertiary alicyclic amines) is 1. The maximum absolute atomic E-state index is 13.2. The van der Waals surface area contributed by atoms with Crippen molar-refractivity contribution in [2.24, 2.45) is 0 Å². The molecule has 0 bridgehead atoms. The van der Waals surface area contributed by atoms with Gasteiger partial charge in [0.1, 0.15) is 0 Å². The maximum atomic E-state index is 13.2. The summed E-state index contributed by atoms with van der Waals surface area (Å²) in [5.74, 6) is 0.0667. The SMILES string of the molecule is COC[C@@H]1CCCN1C(=O)c1cc2nccc(Nc3cc4ccccc4nc3C)c2s1. The highest BCUT2D eigenvalue weighted by Crippen LogP contribution is 2.35. The third kappa shape index (κ3) is 3.75. The summed E-state index contributed by atoms with van der Waals surface area (Å²) in [5.41, 5.74) is 4.62. The second-order valence-corrected chi connectivity index (χ2v) is 8.92. The average molecular weight is 433 g/mol. The Hall–Kier alpha value is -3.03. The summed E-state index contributed by atoms with van der Waals surface area (Å²) in [6.07, 6.45) is 3.78. The van der Waals surface area contributed by atoms with Crippen molar-refractivity contribution in [3.63, 3.8) is 0 Å². The van der Waals surface area contributed by atoms with E-state index in [0.29, 0.717) is 11.5 Å². The van der Waals surface area contributed by atoms with Crippen molar-refractivity contribution in [2.75, 3.05) is 25.6 Å². The van der Waals surface area contributed by atoms with Gasteiger partial charge in [0.15, 0.2) is 0 Å². The zero-order valence-electron chi connectivity index (χ0n) is 17.6. The molecule has 0 unspecified atom stereocenters. The summed E-state index contributed by atoms with van der Waals surface area (Å²) < 4.78 is 6.28. The molecule has 1 fully saturated rings. The lowest BCUT2D eigenvalue weighted by Crippen LogP contribution is -2.37. The number of rotatable bonds is 5. The zero-order valence-corrected chi connectivity index (χ0v) is 18.4. The lowest BCUT2D eigenvalue weighted by atomic mass is 10.1. The fourth-order valence-corrected chi connectivity index (χ4v) is 5.28. The van der Waals surface area contributed by atoms with Crippen molar-refractivity contribution < 1.29 is 9.53 Å². The van der Waals surface area contributed by atoms with Gasteiger partial charge in [-0.2, -0.15) is 0 Å². The molecule has 5 rings (SSSR count). The number of pyridine rings is 2. The van der Waals surface area contributed by atoms with E-state index in [9.17, 15) is 4.79 Å². The minimum atomic E-state index is 0.0667. The number of para-hydroxylation sites is 1. The van der Waals surface area contributed by atoms with E-state index in [1.807, 2.05) is 42.2 Å². The molecule has 3 aromatic heterocycles. The van der Waals surface area contributed by atoms with Crippen molar-refractivity contribution >= 4 is 49.7 Å². The van der Waals surface area contributed by atoms with E-state index >= 15 is 0 Å². The Balaban J connectivity index is 1.48. The predicted molar refractivity (Wildman–Crippen MR) is 125 cm³/mol. The van der Waals surface area contributed by atoms with Crippen LogP contribution in [-0.2, 0) is 4.74 Å². The molecule has 0 aliphatic carbocycles. The summed E-state index contributed by atoms with van der Waals surface area (Å²) in [7, 11) is 1.69. The van der Waals surface area contributed by atoms with Crippen LogP contribution >= 0.6 is 11.3 Å². The molecule has 0 spiro atoms. The minimum Gasteiger partial charge on any atom is -0.383 e. The second-order valence-electron chi connectivity index (χ2n) is 7.87. The molecule has 0 radical (unpaired) electrons. The normalized spacial score (nSPS) is 16.3. The van der Waals surface area contributed by atoms with Crippen LogP contribution in [0.1, 0.15) is 28.2 Å². The summed E-state index contributed by atoms with van der Waals surface area (Å²) in [4.78, 5) is 25.1. The van der Waals surface area contributed by atoms with E-state index in [-0.39, 0.29) is 11.9 Å². The first kappa shape index (κ1) is 19.9. The van der Waals surface area contributed by atoms with Crippen LogP contribution in [0.15, 0.2) is 48.7 Å². The van der Waals surface area contributed by atoms with Crippen molar-refractivity contribution in [3.05, 3.63) is 59.2 Å². The highest BCUT2D eigenvalue weighted by molar-refractivity contribution is 7.21. The first-order chi connectivity index (χ1) is 15.1. The lowest BCUT2D eigenvalue weighted by Gasteiger charge is -2.23. The van der Waals surface area contributed by atoms with Crippen LogP contribution in [0.25, 0.3) is 21.1 Å². The molecule has 4 heterocycles. The van der Waals surface area contributed by atoms with E-state index in [1.165, 1.54) is 11.3 Å². The molecular weight excluding hydrogens is 408 g/mol. The van der Waals surface area contributed by atoms with Crippen LogP contribution in [0, 0.1) is 6.92 Å². The summed E-state index contributed by atoms with van der Waals surface area (Å²) >= 11 is 1.49. The van der Waals surface area contributed by atoms with Gasteiger partial charge in [-0.05, 0) is 44.0 Å². The number of aryl methyl sites for hydroxylation is 1. The first-order valence-electron chi connectivity index (χ1n) is 10.5. The Bertz CT molecular complexity index is 1270. The van der Waals surface area contributed by atoms with Gasteiger partial charge in [0.05, 0.1) is 50.3 Å². The van der Waals surface area contributed by atoms with Crippen molar-refractivity contribution in [3.8, 4) is 0 Å². The smallest absolute Gasteiger partial charge is 0.264 e. The number of benzene rings is 1. The van der Waals surface area contributed by atoms with Gasteiger partial charge in [-0.3, -0.25) is 14.8 Å². The predicted octanol–water partition coefficient (Wildman–Crippen LogP) is 5.15. The number of hydrogen-bond acceptors (Lipinski definition) is 6. The van der Waals surface area contributed by atoms with Gasteiger partial charge in [0.25, 0.3) is 5.91 Å². The number of thiophene rings is 1. The summed E-state index contributed by atoms with van der Waals surface area (Å²) in [5, 5.41) is 4.61. The molecule has 0 saturated carbocycles. The van der Waals surface area contributed by atoms with Crippen LogP contribution in [0.5, 0.6) is 0 Å². The van der Waals surface area contributed by atoms with Gasteiger partial charge >= 0.3 is 0 Å². The highest BCUT2D eigenvalue weighted by atomic mass is 32.1. The number of nitrogens with one attached hydrogen (secondary N) is 1. The Labute approximate surface area is 184 Å². The molecule has 1 saturated heterocycles. The standard InChI is InChI=1S/C24H24N4O2S/c1-15-20(12-16-6-3-4-8-18(16)26-15)27-19-9-10-25-21-13-22(31-23(19)21)24(29)28-11-5-7-17(28)14-30-2/h3-4,6,8-10,12-13,17H,5,7,11,14H2,1-2H3,(H,25,27)/t17-/m0/s1. The first-order valence-corrected chi connectivity index (χ1v) is 11.3. The zero-order chi connectivity index (χ0) is 21.4. The van der Waals surface area contributed by atoms with E-state index in [4.69, 9.17) is 9.72 Å². The minimum absolute atomic E-state index is 0.0667. The number of anilines is 2. The number of methoxy groups -OCH3 is 1. The molecule has 4 aromatic rings. The Morgan fingerprint density at radius 3 is 2.97 bits per heavy atom. The number of carbonyl (C=O) groups excluding carboxylic acids is 1. The number of nitrogens with zero attached hydrogens (tertiary/aromatic N) is 3. The molecule has 1 aliphatic rings. The number of carbonyl (C=O) groups is 1. The van der Waals surface area contributed by atoms with Gasteiger partial charge in [0.2, 0.25) is 0 Å². The van der Waals surface area contributed by atoms with Gasteiger partial charge in [0, 0.05) is 25.2 Å². The number of ether oxygens (including phenoxy) is 1. The Morgan fingerprint density at radius 1 is 1.23 bits per heavy atom. The summed E-state index contributed by atoms with van der Waals surface area (Å²) in [6.45, 7) is 3.36. The molecule has 1 aromatic carbocycles. The van der Waals surface area contributed by atoms with Crippen LogP contribution in [0.4, 0.5) is 11.4 Å². The fraction of sp³-hybridized carbons (Fsp3) is 0.292. The molecule has 1 amide bonds. The largest absolute Gasteiger partial charge is 0.383 e. The van der Waals surface area contributed by atoms with E-state index < -0.39 is 0 Å². The van der Waals surface area contributed by atoms with Crippen LogP contribution < -0.4 is 5.32 Å². The van der Waals surface area contributed by atoms with E-state index in [0.717, 1.165) is 57.6 Å². The van der Waals surface area contributed by atoms with E-state index in [2.05, 4.69) is 22.4 Å². The fourth-order valence-electron chi connectivity index (χ4n) is 4.24. The topological polar surface area (TPSA) is 67.3 Å². The molecular formula is C24H24N4O2S. The quantitative estimate of drug-likeness (QED) is 0.473. The lowest BCUT2D eigenvalue weighted by molar-refractivity contribution is 0.0635. The number of hydrogen-bond donors (Lipinski definition) is 1. The number of amides is 1. The van der Waals surface area contributed by atoms with Crippen molar-refractivity contribution in [1.29, 1.82) is 0 Å². The van der Waals surface area contributed by atoms with Gasteiger partial charge in [-0.25, -0.2) is 0 Å². The molecule has 1 atom stereocenters. The highest BCUT2D eigenvalue weighted by Gasteiger charge is 2.30. The maximum Gasteiger partial charge on any atom is 0.264 e. The summed E-state index contributed by atoms with van der Waals surface area (Å²) in [6, 6.07) is 14.2. The monoisotopic (exact) mass is 432 g/mol. The third-order valence-corrected chi connectivity index (χ3v) is 6.95. The van der Waals surface area contributed by atoms with Crippen LogP contribution in [0.2, 0.25) is 0 Å². The van der Waals surface area contributed by atoms with Crippen molar-refractivity contribution in [1.82, 2.24) is 14.9 Å². The van der Waals surface area contributed by atoms with Gasteiger partial charge in [-0.1, -0.05) is 18.2 Å². The van der Waals surface area contributed by atoms with Crippen LogP contribution in [0.3, 0.4) is 0 Å². The number of fused-ring (bicyclic) bond motifs is 2. The Morgan fingerprint density at radius 2 is 2.10 bits per heavy atom. The van der Waals surface area contributed by atoms with Gasteiger partial charge < -0.3 is 15.0 Å². The molecule has 1 N–H and O–H groups in total. The van der Waals surface area contributed by atoms with Crippen LogP contribution in [-0.4, -0.2) is 47.1 Å². The molecule has 31 heavy (non-hydrogen) atoms. The average Bonchev–Trinajstić information content (AvgIpc) is 3.42. The molecule has 6 nitrogen and oxygen atoms in total. The second kappa shape index (κ2) is 8.24. The van der Waals surface area contributed by atoms with E-state index in [1.54, 1.807) is 13.3 Å². The molecule has 1 aliphatic heterocycles.